The summed E-state index contributed by atoms with van der Waals surface area (Å²) in [5.41, 5.74) is 1.00. The number of likely N-dealkylation sites (tertiary alicyclic amines) is 1. The first-order chi connectivity index (χ1) is 13.7. The van der Waals surface area contributed by atoms with Crippen LogP contribution in [0.1, 0.15) is 42.5 Å². The number of hydrogen-bond acceptors (Lipinski definition) is 4. The highest BCUT2D eigenvalue weighted by Crippen LogP contribution is 2.41. The van der Waals surface area contributed by atoms with Crippen molar-refractivity contribution in [3.8, 4) is 0 Å². The van der Waals surface area contributed by atoms with Gasteiger partial charge in [-0.25, -0.2) is 9.78 Å². The van der Waals surface area contributed by atoms with E-state index >= 15 is 0 Å². The molecule has 4 rings (SSSR count). The van der Waals surface area contributed by atoms with Gasteiger partial charge in [0.15, 0.2) is 0 Å². The van der Waals surface area contributed by atoms with E-state index < -0.39 is 0 Å². The number of rotatable bonds is 4. The molecule has 1 aliphatic heterocycles. The second-order valence-electron chi connectivity index (χ2n) is 7.12. The summed E-state index contributed by atoms with van der Waals surface area (Å²) >= 11 is 8.03. The van der Waals surface area contributed by atoms with E-state index in [1.807, 2.05) is 41.3 Å². The predicted molar refractivity (Wildman–Crippen MR) is 114 cm³/mol. The number of ether oxygens (including phenoxy) is 1. The molecule has 2 unspecified atom stereocenters. The third-order valence-corrected chi connectivity index (χ3v) is 6.91. The van der Waals surface area contributed by atoms with E-state index in [0.717, 1.165) is 46.6 Å². The molecule has 0 saturated carbocycles. The van der Waals surface area contributed by atoms with Crippen molar-refractivity contribution in [1.82, 2.24) is 9.88 Å². The zero-order valence-electron chi connectivity index (χ0n) is 15.8. The lowest BCUT2D eigenvalue weighted by Gasteiger charge is -2.40. The number of fused-ring (bicyclic) bond motifs is 1. The van der Waals surface area contributed by atoms with Gasteiger partial charge in [-0.05, 0) is 37.0 Å². The smallest absolute Gasteiger partial charge is 0.410 e. The summed E-state index contributed by atoms with van der Waals surface area (Å²) in [7, 11) is 0. The summed E-state index contributed by atoms with van der Waals surface area (Å²) in [6.07, 6.45) is 4.44. The molecular formula is C22H23ClN2O2S. The van der Waals surface area contributed by atoms with E-state index in [1.54, 1.807) is 17.5 Å². The van der Waals surface area contributed by atoms with Gasteiger partial charge in [-0.1, -0.05) is 48.9 Å². The molecule has 0 N–H and O–H groups in total. The van der Waals surface area contributed by atoms with E-state index in [-0.39, 0.29) is 12.1 Å². The molecule has 146 valence electrons. The first-order valence-electron chi connectivity index (χ1n) is 9.68. The first-order valence-corrected chi connectivity index (χ1v) is 10.9. The number of amides is 1. The number of aromatic nitrogens is 1. The van der Waals surface area contributed by atoms with E-state index in [0.29, 0.717) is 12.5 Å². The van der Waals surface area contributed by atoms with Gasteiger partial charge in [0.2, 0.25) is 0 Å². The van der Waals surface area contributed by atoms with E-state index in [1.165, 1.54) is 4.88 Å². The lowest BCUT2D eigenvalue weighted by molar-refractivity contribution is 0.0606. The van der Waals surface area contributed by atoms with Gasteiger partial charge in [0.1, 0.15) is 11.4 Å². The summed E-state index contributed by atoms with van der Waals surface area (Å²) in [6, 6.07) is 13.9. The Morgan fingerprint density at radius 1 is 1.32 bits per heavy atom. The standard InChI is InChI=1S/C22H23ClN2O2S/c1-2-19-16(20-13-17-18(23)10-11-24-21(17)28-20)9-6-12-25(19)22(26)27-14-15-7-4-3-5-8-15/h3-5,7-8,10-11,13,16,19H,2,6,9,12,14H2,1H3. The van der Waals surface area contributed by atoms with E-state index in [2.05, 4.69) is 18.0 Å². The topological polar surface area (TPSA) is 42.4 Å². The highest BCUT2D eigenvalue weighted by Gasteiger charge is 2.35. The fourth-order valence-electron chi connectivity index (χ4n) is 4.03. The minimum atomic E-state index is -0.224. The summed E-state index contributed by atoms with van der Waals surface area (Å²) in [5.74, 6) is 0.290. The minimum absolute atomic E-state index is 0.129. The van der Waals surface area contributed by atoms with Crippen molar-refractivity contribution in [2.45, 2.75) is 44.8 Å². The maximum atomic E-state index is 12.8. The number of nitrogens with zero attached hydrogens (tertiary/aromatic N) is 2. The Labute approximate surface area is 174 Å². The molecular weight excluding hydrogens is 392 g/mol. The number of halogens is 1. The third-order valence-electron chi connectivity index (χ3n) is 5.40. The van der Waals surface area contributed by atoms with Crippen molar-refractivity contribution < 1.29 is 9.53 Å². The van der Waals surface area contributed by atoms with Crippen LogP contribution in [-0.4, -0.2) is 28.6 Å². The molecule has 0 aliphatic carbocycles. The van der Waals surface area contributed by atoms with Crippen LogP contribution in [0.4, 0.5) is 4.79 Å². The monoisotopic (exact) mass is 414 g/mol. The van der Waals surface area contributed by atoms with Crippen molar-refractivity contribution in [3.63, 3.8) is 0 Å². The van der Waals surface area contributed by atoms with Crippen molar-refractivity contribution in [2.75, 3.05) is 6.54 Å². The Hall–Kier alpha value is -2.11. The molecule has 3 aromatic rings. The van der Waals surface area contributed by atoms with Gasteiger partial charge >= 0.3 is 6.09 Å². The Balaban J connectivity index is 1.52. The van der Waals surface area contributed by atoms with Gasteiger partial charge in [0.25, 0.3) is 0 Å². The zero-order chi connectivity index (χ0) is 19.5. The first kappa shape index (κ1) is 19.2. The number of carbonyl (C=O) groups excluding carboxylic acids is 1. The van der Waals surface area contributed by atoms with Crippen molar-refractivity contribution in [2.24, 2.45) is 0 Å². The van der Waals surface area contributed by atoms with Crippen LogP contribution in [0.3, 0.4) is 0 Å². The number of carbonyl (C=O) groups is 1. The summed E-state index contributed by atoms with van der Waals surface area (Å²) < 4.78 is 5.62. The number of hydrogen-bond donors (Lipinski definition) is 0. The van der Waals surface area contributed by atoms with Crippen LogP contribution in [0.5, 0.6) is 0 Å². The molecule has 6 heteroatoms. The Morgan fingerprint density at radius 3 is 2.89 bits per heavy atom. The van der Waals surface area contributed by atoms with Crippen LogP contribution in [-0.2, 0) is 11.3 Å². The molecule has 0 radical (unpaired) electrons. The maximum absolute atomic E-state index is 12.8. The Morgan fingerprint density at radius 2 is 2.14 bits per heavy atom. The molecule has 1 saturated heterocycles. The third kappa shape index (κ3) is 3.87. The van der Waals surface area contributed by atoms with Gasteiger partial charge in [-0.2, -0.15) is 0 Å². The molecule has 0 spiro atoms. The molecule has 4 nitrogen and oxygen atoms in total. The SMILES string of the molecule is CCC1C(c2cc3c(Cl)ccnc3s2)CCCN1C(=O)OCc1ccccc1. The zero-order valence-corrected chi connectivity index (χ0v) is 17.4. The molecule has 2 atom stereocenters. The largest absolute Gasteiger partial charge is 0.445 e. The lowest BCUT2D eigenvalue weighted by atomic mass is 9.86. The van der Waals surface area contributed by atoms with Crippen LogP contribution in [0, 0.1) is 0 Å². The van der Waals surface area contributed by atoms with Crippen LogP contribution in [0.25, 0.3) is 10.2 Å². The Kier molecular flexibility index (Phi) is 5.83. The number of pyridine rings is 1. The van der Waals surface area contributed by atoms with Crippen LogP contribution in [0.15, 0.2) is 48.7 Å². The lowest BCUT2D eigenvalue weighted by Crippen LogP contribution is -2.47. The molecule has 3 heterocycles. The maximum Gasteiger partial charge on any atom is 0.410 e. The number of benzene rings is 1. The average Bonchev–Trinajstić information content (AvgIpc) is 3.18. The normalized spacial score (nSPS) is 19.7. The van der Waals surface area contributed by atoms with Crippen molar-refractivity contribution in [3.05, 3.63) is 64.1 Å². The predicted octanol–water partition coefficient (Wildman–Crippen LogP) is 6.24. The van der Waals surface area contributed by atoms with Gasteiger partial charge in [-0.3, -0.25) is 0 Å². The fraction of sp³-hybridized carbons (Fsp3) is 0.364. The summed E-state index contributed by atoms with van der Waals surface area (Å²) in [4.78, 5) is 21.4. The average molecular weight is 415 g/mol. The van der Waals surface area contributed by atoms with E-state index in [9.17, 15) is 4.79 Å². The van der Waals surface area contributed by atoms with Crippen molar-refractivity contribution in [1.29, 1.82) is 0 Å². The van der Waals surface area contributed by atoms with Gasteiger partial charge in [-0.15, -0.1) is 11.3 Å². The van der Waals surface area contributed by atoms with Gasteiger partial charge < -0.3 is 9.64 Å². The molecule has 1 fully saturated rings. The summed E-state index contributed by atoms with van der Waals surface area (Å²) in [5, 5.41) is 1.73. The summed E-state index contributed by atoms with van der Waals surface area (Å²) in [6.45, 7) is 3.19. The quantitative estimate of drug-likeness (QED) is 0.507. The van der Waals surface area contributed by atoms with Gasteiger partial charge in [0, 0.05) is 35.0 Å². The second-order valence-corrected chi connectivity index (χ2v) is 8.59. The molecule has 1 amide bonds. The van der Waals surface area contributed by atoms with Crippen LogP contribution >= 0.6 is 22.9 Å². The highest BCUT2D eigenvalue weighted by atomic mass is 35.5. The fourth-order valence-corrected chi connectivity index (χ4v) is 5.51. The highest BCUT2D eigenvalue weighted by molar-refractivity contribution is 7.18. The minimum Gasteiger partial charge on any atom is -0.445 e. The van der Waals surface area contributed by atoms with Gasteiger partial charge in [0.05, 0.1) is 5.02 Å². The number of piperidine rings is 1. The molecule has 2 aromatic heterocycles. The van der Waals surface area contributed by atoms with E-state index in [4.69, 9.17) is 16.3 Å². The van der Waals surface area contributed by atoms with Crippen LogP contribution in [0.2, 0.25) is 5.02 Å². The molecule has 1 aromatic carbocycles. The number of thiophene rings is 1. The van der Waals surface area contributed by atoms with Crippen molar-refractivity contribution >= 4 is 39.2 Å². The molecule has 1 aliphatic rings. The Bertz CT molecular complexity index is 960. The van der Waals surface area contributed by atoms with Crippen LogP contribution < -0.4 is 0 Å². The second kappa shape index (κ2) is 8.50. The molecule has 28 heavy (non-hydrogen) atoms. The molecule has 0 bridgehead atoms.